The van der Waals surface area contributed by atoms with E-state index in [0.717, 1.165) is 39.5 Å². The average molecular weight is 323 g/mol. The van der Waals surface area contributed by atoms with E-state index in [9.17, 15) is 4.79 Å². The third-order valence-electron chi connectivity index (χ3n) is 4.24. The van der Waals surface area contributed by atoms with Gasteiger partial charge in [0.1, 0.15) is 0 Å². The number of halogens is 1. The van der Waals surface area contributed by atoms with Gasteiger partial charge in [0.2, 0.25) is 5.56 Å². The van der Waals surface area contributed by atoms with Gasteiger partial charge in [-0.2, -0.15) is 0 Å². The molecule has 4 rings (SSSR count). The second kappa shape index (κ2) is 5.28. The van der Waals surface area contributed by atoms with Crippen LogP contribution >= 0.6 is 11.6 Å². The fourth-order valence-corrected chi connectivity index (χ4v) is 3.56. The Hall–Kier alpha value is -2.52. The van der Waals surface area contributed by atoms with Gasteiger partial charge in [-0.15, -0.1) is 0 Å². The van der Waals surface area contributed by atoms with Crippen molar-refractivity contribution in [3.05, 3.63) is 69.5 Å². The van der Waals surface area contributed by atoms with Gasteiger partial charge < -0.3 is 9.97 Å². The van der Waals surface area contributed by atoms with E-state index < -0.39 is 0 Å². The predicted molar refractivity (Wildman–Crippen MR) is 96.2 cm³/mol. The summed E-state index contributed by atoms with van der Waals surface area (Å²) in [6.07, 6.45) is 0.874. The van der Waals surface area contributed by atoms with E-state index in [0.29, 0.717) is 5.02 Å². The Morgan fingerprint density at radius 3 is 2.35 bits per heavy atom. The maximum Gasteiger partial charge on any atom is 0.249 e. The molecule has 4 aromatic rings. The van der Waals surface area contributed by atoms with Gasteiger partial charge in [0.05, 0.1) is 10.5 Å². The van der Waals surface area contributed by atoms with Crippen LogP contribution in [0.25, 0.3) is 33.1 Å². The second-order valence-electron chi connectivity index (χ2n) is 5.59. The van der Waals surface area contributed by atoms with Crippen LogP contribution in [0.4, 0.5) is 0 Å². The lowest BCUT2D eigenvalue weighted by Gasteiger charge is -2.05. The number of fused-ring (bicyclic) bond motifs is 3. The number of H-pyrrole nitrogens is 2. The van der Waals surface area contributed by atoms with Crippen LogP contribution in [-0.2, 0) is 6.42 Å². The first-order chi connectivity index (χ1) is 11.2. The lowest BCUT2D eigenvalue weighted by Crippen LogP contribution is -2.03. The fourth-order valence-electron chi connectivity index (χ4n) is 3.27. The van der Waals surface area contributed by atoms with Crippen LogP contribution in [0.2, 0.25) is 5.02 Å². The monoisotopic (exact) mass is 322 g/mol. The van der Waals surface area contributed by atoms with Gasteiger partial charge in [0.15, 0.2) is 0 Å². The third-order valence-corrected chi connectivity index (χ3v) is 4.54. The van der Waals surface area contributed by atoms with Crippen molar-refractivity contribution in [1.82, 2.24) is 9.97 Å². The highest BCUT2D eigenvalue weighted by Crippen LogP contribution is 2.37. The smallest absolute Gasteiger partial charge is 0.249 e. The summed E-state index contributed by atoms with van der Waals surface area (Å²) in [5.74, 6) is 0. The van der Waals surface area contributed by atoms with E-state index in [4.69, 9.17) is 11.6 Å². The summed E-state index contributed by atoms with van der Waals surface area (Å²) in [7, 11) is 0. The molecular formula is C19H15ClN2O. The number of hydrogen-bond donors (Lipinski definition) is 2. The Morgan fingerprint density at radius 1 is 0.957 bits per heavy atom. The number of benzene rings is 2. The summed E-state index contributed by atoms with van der Waals surface area (Å²) in [6, 6.07) is 15.6. The quantitative estimate of drug-likeness (QED) is 0.542. The summed E-state index contributed by atoms with van der Waals surface area (Å²) >= 11 is 6.39. The maximum absolute atomic E-state index is 11.7. The van der Waals surface area contributed by atoms with Gasteiger partial charge in [-0.1, -0.05) is 48.9 Å². The normalized spacial score (nSPS) is 11.4. The minimum absolute atomic E-state index is 0.182. The molecule has 0 unspecified atom stereocenters. The van der Waals surface area contributed by atoms with Crippen LogP contribution in [-0.4, -0.2) is 9.97 Å². The molecule has 0 radical (unpaired) electrons. The minimum Gasteiger partial charge on any atom is -0.354 e. The minimum atomic E-state index is -0.182. The zero-order valence-corrected chi connectivity index (χ0v) is 13.4. The van der Waals surface area contributed by atoms with Crippen LogP contribution in [0.3, 0.4) is 0 Å². The Balaban J connectivity index is 2.17. The third kappa shape index (κ3) is 2.16. The summed E-state index contributed by atoms with van der Waals surface area (Å²) in [5, 5.41) is 2.48. The zero-order chi connectivity index (χ0) is 16.0. The van der Waals surface area contributed by atoms with Crippen molar-refractivity contribution >= 4 is 33.4 Å². The summed E-state index contributed by atoms with van der Waals surface area (Å²) in [6.45, 7) is 2.13. The fraction of sp³-hybridized carbons (Fsp3) is 0.105. The van der Waals surface area contributed by atoms with Gasteiger partial charge >= 0.3 is 0 Å². The first-order valence-corrected chi connectivity index (χ1v) is 7.98. The van der Waals surface area contributed by atoms with Crippen molar-refractivity contribution in [1.29, 1.82) is 0 Å². The molecule has 2 aromatic carbocycles. The summed E-state index contributed by atoms with van der Waals surface area (Å²) < 4.78 is 0. The predicted octanol–water partition coefficient (Wildman–Crippen LogP) is 4.89. The molecule has 4 heteroatoms. The summed E-state index contributed by atoms with van der Waals surface area (Å²) in [5.41, 5.74) is 5.09. The van der Waals surface area contributed by atoms with E-state index in [2.05, 4.69) is 29.0 Å². The van der Waals surface area contributed by atoms with Gasteiger partial charge in [-0.3, -0.25) is 4.79 Å². The molecule has 2 heterocycles. The number of hydrogen-bond acceptors (Lipinski definition) is 1. The highest BCUT2D eigenvalue weighted by Gasteiger charge is 2.16. The molecule has 0 fully saturated rings. The number of rotatable bonds is 2. The van der Waals surface area contributed by atoms with Crippen LogP contribution in [0, 0.1) is 0 Å². The highest BCUT2D eigenvalue weighted by molar-refractivity contribution is 6.37. The Morgan fingerprint density at radius 2 is 1.65 bits per heavy atom. The molecule has 2 N–H and O–H groups in total. The lowest BCUT2D eigenvalue weighted by atomic mass is 10.0. The van der Waals surface area contributed by atoms with Crippen molar-refractivity contribution in [3.63, 3.8) is 0 Å². The molecule has 0 amide bonds. The molecule has 0 bridgehead atoms. The SMILES string of the molecule is CCc1c(-c2ccccc2)[nH]c2ccc3[nH]c(=O)cc(Cl)c3c12. The second-order valence-corrected chi connectivity index (χ2v) is 6.00. The van der Waals surface area contributed by atoms with Gasteiger partial charge in [-0.25, -0.2) is 0 Å². The summed E-state index contributed by atoms with van der Waals surface area (Å²) in [4.78, 5) is 18.1. The zero-order valence-electron chi connectivity index (χ0n) is 12.6. The van der Waals surface area contributed by atoms with E-state index in [1.54, 1.807) is 0 Å². The molecule has 0 saturated heterocycles. The Labute approximate surface area is 137 Å². The van der Waals surface area contributed by atoms with Gasteiger partial charge in [0.25, 0.3) is 0 Å². The largest absolute Gasteiger partial charge is 0.354 e. The van der Waals surface area contributed by atoms with E-state index in [1.165, 1.54) is 11.6 Å². The number of aromatic nitrogens is 2. The molecule has 0 atom stereocenters. The van der Waals surface area contributed by atoms with Crippen LogP contribution in [0.15, 0.2) is 53.3 Å². The van der Waals surface area contributed by atoms with Crippen molar-refractivity contribution in [2.75, 3.05) is 0 Å². The van der Waals surface area contributed by atoms with E-state index in [1.807, 2.05) is 30.3 Å². The van der Waals surface area contributed by atoms with Crippen LogP contribution in [0.1, 0.15) is 12.5 Å². The highest BCUT2D eigenvalue weighted by atomic mass is 35.5. The molecule has 3 nitrogen and oxygen atoms in total. The van der Waals surface area contributed by atoms with Crippen LogP contribution < -0.4 is 5.56 Å². The molecule has 0 aliphatic rings. The maximum atomic E-state index is 11.7. The molecule has 0 spiro atoms. The lowest BCUT2D eigenvalue weighted by molar-refractivity contribution is 1.16. The average Bonchev–Trinajstić information content (AvgIpc) is 2.93. The molecule has 0 aliphatic carbocycles. The Bertz CT molecular complexity index is 1080. The topological polar surface area (TPSA) is 48.6 Å². The number of aryl methyl sites for hydroxylation is 1. The van der Waals surface area contributed by atoms with Gasteiger partial charge in [-0.05, 0) is 29.7 Å². The Kier molecular flexibility index (Phi) is 3.24. The first kappa shape index (κ1) is 14.1. The van der Waals surface area contributed by atoms with Crippen molar-refractivity contribution in [2.24, 2.45) is 0 Å². The number of nitrogens with one attached hydrogen (secondary N) is 2. The van der Waals surface area contributed by atoms with Gasteiger partial charge in [0, 0.05) is 28.0 Å². The molecule has 0 aliphatic heterocycles. The number of pyridine rings is 1. The molecule has 0 saturated carbocycles. The van der Waals surface area contributed by atoms with E-state index in [-0.39, 0.29) is 5.56 Å². The molecule has 2 aromatic heterocycles. The molecule has 114 valence electrons. The molecule has 23 heavy (non-hydrogen) atoms. The first-order valence-electron chi connectivity index (χ1n) is 7.60. The standard InChI is InChI=1S/C19H15ClN2O/c1-2-12-17-14(22-19(12)11-6-4-3-5-7-11)8-9-15-18(17)13(20)10-16(23)21-15/h3-10,22H,2H2,1H3,(H,21,23). The van der Waals surface area contributed by atoms with Crippen molar-refractivity contribution < 1.29 is 0 Å². The van der Waals surface area contributed by atoms with Crippen LogP contribution in [0.5, 0.6) is 0 Å². The molecular weight excluding hydrogens is 308 g/mol. The number of aromatic amines is 2. The van der Waals surface area contributed by atoms with Crippen molar-refractivity contribution in [2.45, 2.75) is 13.3 Å². The van der Waals surface area contributed by atoms with E-state index >= 15 is 0 Å². The van der Waals surface area contributed by atoms with Crippen molar-refractivity contribution in [3.8, 4) is 11.3 Å².